The maximum Gasteiger partial charge on any atom is 0.255 e. The van der Waals surface area contributed by atoms with Crippen LogP contribution < -0.4 is 14.8 Å². The topological polar surface area (TPSA) is 73.1 Å². The minimum Gasteiger partial charge on any atom is -0.493 e. The molecule has 38 heavy (non-hydrogen) atoms. The van der Waals surface area contributed by atoms with Crippen molar-refractivity contribution in [1.82, 2.24) is 5.32 Å². The maximum atomic E-state index is 13.2. The van der Waals surface area contributed by atoms with Crippen molar-refractivity contribution in [2.75, 3.05) is 7.11 Å². The highest BCUT2D eigenvalue weighted by molar-refractivity contribution is 9.10. The van der Waals surface area contributed by atoms with Gasteiger partial charge in [0.05, 0.1) is 30.0 Å². The van der Waals surface area contributed by atoms with E-state index >= 15 is 0 Å². The number of carbonyl (C=O) groups is 1. The molecule has 0 atom stereocenters. The summed E-state index contributed by atoms with van der Waals surface area (Å²) in [6.07, 6.45) is 7.43. The van der Waals surface area contributed by atoms with Crippen LogP contribution in [-0.2, 0) is 26.0 Å². The van der Waals surface area contributed by atoms with E-state index in [1.807, 2.05) is 48.5 Å². The molecule has 5 rings (SSSR count). The van der Waals surface area contributed by atoms with Crippen LogP contribution in [0.15, 0.2) is 68.7 Å². The third kappa shape index (κ3) is 5.98. The number of fused-ring (bicyclic) bond motifs is 1. The highest BCUT2D eigenvalue weighted by Crippen LogP contribution is 2.41. The standard InChI is InChI=1S/C29H26BrClN2O4S/c1-35-24-14-18(13-22(30)27(24)37-17-19-7-2-4-10-23(19)31)15-33-29-26(21-9-3-5-11-25(21)38-29)28(34)32-16-20-8-6-12-36-20/h2,4,6-8,10,12-15H,3,5,9,11,16-17H2,1H3,(H,32,34). The van der Waals surface area contributed by atoms with Crippen LogP contribution >= 0.6 is 38.9 Å². The molecule has 1 N–H and O–H groups in total. The number of benzene rings is 2. The van der Waals surface area contributed by atoms with Gasteiger partial charge in [0.25, 0.3) is 5.91 Å². The van der Waals surface area contributed by atoms with Crippen LogP contribution in [0.4, 0.5) is 5.00 Å². The number of nitrogens with one attached hydrogen (secondary N) is 1. The predicted molar refractivity (Wildman–Crippen MR) is 155 cm³/mol. The van der Waals surface area contributed by atoms with Crippen molar-refractivity contribution >= 4 is 56.0 Å². The molecule has 2 aromatic heterocycles. The zero-order valence-corrected chi connectivity index (χ0v) is 23.9. The molecule has 4 aromatic rings. The first-order valence-electron chi connectivity index (χ1n) is 12.3. The lowest BCUT2D eigenvalue weighted by Crippen LogP contribution is -2.23. The molecule has 196 valence electrons. The van der Waals surface area contributed by atoms with Crippen LogP contribution in [0.2, 0.25) is 5.02 Å². The second kappa shape index (κ2) is 12.2. The Morgan fingerprint density at radius 3 is 2.84 bits per heavy atom. The highest BCUT2D eigenvalue weighted by atomic mass is 79.9. The molecule has 1 aliphatic carbocycles. The average molecular weight is 614 g/mol. The number of halogens is 2. The monoisotopic (exact) mass is 612 g/mol. The molecular weight excluding hydrogens is 588 g/mol. The Morgan fingerprint density at radius 1 is 1.21 bits per heavy atom. The molecule has 0 spiro atoms. The Bertz CT molecular complexity index is 1470. The summed E-state index contributed by atoms with van der Waals surface area (Å²) in [5.41, 5.74) is 3.48. The lowest BCUT2D eigenvalue weighted by molar-refractivity contribution is 0.0948. The summed E-state index contributed by atoms with van der Waals surface area (Å²) in [4.78, 5) is 19.3. The number of amides is 1. The number of methoxy groups -OCH3 is 1. The lowest BCUT2D eigenvalue weighted by atomic mass is 9.95. The van der Waals surface area contributed by atoms with Gasteiger partial charge in [0.15, 0.2) is 11.5 Å². The normalized spacial score (nSPS) is 12.9. The Morgan fingerprint density at radius 2 is 2.05 bits per heavy atom. The van der Waals surface area contributed by atoms with Crippen molar-refractivity contribution in [3.63, 3.8) is 0 Å². The fourth-order valence-corrected chi connectivity index (χ4v) is 6.39. The van der Waals surface area contributed by atoms with Crippen LogP contribution in [0.5, 0.6) is 11.5 Å². The van der Waals surface area contributed by atoms with E-state index in [1.54, 1.807) is 30.9 Å². The van der Waals surface area contributed by atoms with Crippen molar-refractivity contribution < 1.29 is 18.7 Å². The van der Waals surface area contributed by atoms with Gasteiger partial charge >= 0.3 is 0 Å². The smallest absolute Gasteiger partial charge is 0.255 e. The summed E-state index contributed by atoms with van der Waals surface area (Å²) >= 11 is 11.5. The molecule has 0 unspecified atom stereocenters. The summed E-state index contributed by atoms with van der Waals surface area (Å²) in [7, 11) is 1.60. The van der Waals surface area contributed by atoms with E-state index in [2.05, 4.69) is 21.2 Å². The van der Waals surface area contributed by atoms with Gasteiger partial charge in [0.1, 0.15) is 17.4 Å². The zero-order valence-electron chi connectivity index (χ0n) is 20.8. The van der Waals surface area contributed by atoms with Crippen molar-refractivity contribution in [2.24, 2.45) is 4.99 Å². The molecule has 1 aliphatic rings. The number of rotatable bonds is 9. The Kier molecular flexibility index (Phi) is 8.51. The minimum atomic E-state index is -0.130. The minimum absolute atomic E-state index is 0.130. The molecule has 0 fully saturated rings. The number of furan rings is 1. The molecule has 0 saturated heterocycles. The highest BCUT2D eigenvalue weighted by Gasteiger charge is 2.25. The van der Waals surface area contributed by atoms with Crippen LogP contribution in [0.1, 0.15) is 50.5 Å². The number of hydrogen-bond acceptors (Lipinski definition) is 6. The van der Waals surface area contributed by atoms with E-state index in [0.29, 0.717) is 46.0 Å². The van der Waals surface area contributed by atoms with Gasteiger partial charge in [0.2, 0.25) is 0 Å². The largest absolute Gasteiger partial charge is 0.493 e. The first-order chi connectivity index (χ1) is 18.5. The van der Waals surface area contributed by atoms with Gasteiger partial charge < -0.3 is 19.2 Å². The second-order valence-electron chi connectivity index (χ2n) is 8.83. The summed E-state index contributed by atoms with van der Waals surface area (Å²) in [6.45, 7) is 0.638. The molecule has 0 saturated carbocycles. The molecule has 9 heteroatoms. The Labute approximate surface area is 238 Å². The molecule has 0 aliphatic heterocycles. The van der Waals surface area contributed by atoms with Crippen molar-refractivity contribution in [3.05, 3.63) is 97.2 Å². The molecule has 1 amide bonds. The number of nitrogens with zero attached hydrogens (tertiary/aromatic N) is 1. The van der Waals surface area contributed by atoms with Crippen molar-refractivity contribution in [1.29, 1.82) is 0 Å². The van der Waals surface area contributed by atoms with Gasteiger partial charge in [-0.15, -0.1) is 11.3 Å². The fourth-order valence-electron chi connectivity index (χ4n) is 4.40. The predicted octanol–water partition coefficient (Wildman–Crippen LogP) is 7.90. The van der Waals surface area contributed by atoms with Crippen molar-refractivity contribution in [2.45, 2.75) is 38.8 Å². The Balaban J connectivity index is 1.38. The molecule has 6 nitrogen and oxygen atoms in total. The van der Waals surface area contributed by atoms with Gasteiger partial charge in [-0.2, -0.15) is 0 Å². The number of aliphatic imine (C=N–C) groups is 1. The van der Waals surface area contributed by atoms with Gasteiger partial charge in [0, 0.05) is 21.7 Å². The van der Waals surface area contributed by atoms with E-state index in [-0.39, 0.29) is 5.91 Å². The SMILES string of the molecule is COc1cc(C=Nc2sc3c(c2C(=O)NCc2ccco2)CCCC3)cc(Br)c1OCc1ccccc1Cl. The number of carbonyl (C=O) groups excluding carboxylic acids is 1. The third-order valence-corrected chi connectivity index (χ3v) is 8.45. The number of aryl methyl sites for hydroxylation is 1. The number of ether oxygens (including phenoxy) is 2. The lowest BCUT2D eigenvalue weighted by Gasteiger charge is -2.14. The van der Waals surface area contributed by atoms with Crippen LogP contribution in [0.25, 0.3) is 0 Å². The van der Waals surface area contributed by atoms with Gasteiger partial charge in [-0.25, -0.2) is 4.99 Å². The van der Waals surface area contributed by atoms with E-state index in [9.17, 15) is 4.79 Å². The van der Waals surface area contributed by atoms with E-state index < -0.39 is 0 Å². The number of thiophene rings is 1. The summed E-state index contributed by atoms with van der Waals surface area (Å²) in [6, 6.07) is 15.0. The second-order valence-corrected chi connectivity index (χ2v) is 11.2. The number of hydrogen-bond donors (Lipinski definition) is 1. The van der Waals surface area contributed by atoms with Crippen molar-refractivity contribution in [3.8, 4) is 11.5 Å². The zero-order chi connectivity index (χ0) is 26.5. The maximum absolute atomic E-state index is 13.2. The third-order valence-electron chi connectivity index (χ3n) is 6.30. The first-order valence-corrected chi connectivity index (χ1v) is 14.2. The molecule has 0 bridgehead atoms. The summed E-state index contributed by atoms with van der Waals surface area (Å²) in [5.74, 6) is 1.72. The van der Waals surface area contributed by atoms with Gasteiger partial charge in [-0.1, -0.05) is 29.8 Å². The summed E-state index contributed by atoms with van der Waals surface area (Å²) in [5, 5.41) is 4.35. The average Bonchev–Trinajstić information content (AvgIpc) is 3.58. The van der Waals surface area contributed by atoms with Gasteiger partial charge in [-0.3, -0.25) is 4.79 Å². The first kappa shape index (κ1) is 26.5. The Hall–Kier alpha value is -3.07. The molecule has 2 heterocycles. The molecular formula is C29H26BrClN2O4S. The molecule has 0 radical (unpaired) electrons. The van der Waals surface area contributed by atoms with E-state index in [4.69, 9.17) is 30.5 Å². The molecule has 2 aromatic carbocycles. The van der Waals surface area contributed by atoms with Crippen LogP contribution in [0.3, 0.4) is 0 Å². The fraction of sp³-hybridized carbons (Fsp3) is 0.241. The van der Waals surface area contributed by atoms with Gasteiger partial charge in [-0.05, 0) is 83.1 Å². The quantitative estimate of drug-likeness (QED) is 0.195. The summed E-state index contributed by atoms with van der Waals surface area (Å²) < 4.78 is 17.8. The van der Waals surface area contributed by atoms with E-state index in [0.717, 1.165) is 46.8 Å². The van der Waals surface area contributed by atoms with E-state index in [1.165, 1.54) is 4.88 Å². The van der Waals surface area contributed by atoms with Crippen LogP contribution in [-0.4, -0.2) is 19.2 Å². The van der Waals surface area contributed by atoms with Crippen LogP contribution in [0, 0.1) is 0 Å².